The van der Waals surface area contributed by atoms with Crippen LogP contribution >= 0.6 is 0 Å². The lowest BCUT2D eigenvalue weighted by molar-refractivity contribution is 0.584. The molecule has 0 amide bonds. The van der Waals surface area contributed by atoms with E-state index in [2.05, 4.69) is 261 Å². The first-order chi connectivity index (χ1) is 35.6. The summed E-state index contributed by atoms with van der Waals surface area (Å²) < 4.78 is 6.20. The highest BCUT2D eigenvalue weighted by atomic mass is 16.4. The molecule has 2 N–H and O–H groups in total. The molecule has 11 rings (SSSR count). The fourth-order valence-corrected chi connectivity index (χ4v) is 10.1. The van der Waals surface area contributed by atoms with Crippen LogP contribution in [0.2, 0.25) is 0 Å². The van der Waals surface area contributed by atoms with Gasteiger partial charge < -0.3 is 14.4 Å². The summed E-state index contributed by atoms with van der Waals surface area (Å²) in [5, 5.41) is 13.9. The summed E-state index contributed by atoms with van der Waals surface area (Å²) in [5.74, 6) is 0.978. The molecule has 0 fully saturated rings. The van der Waals surface area contributed by atoms with Gasteiger partial charge in [0, 0.05) is 54.8 Å². The maximum absolute atomic E-state index is 6.20. The number of benzene rings is 8. The van der Waals surface area contributed by atoms with Crippen molar-refractivity contribution in [3.8, 4) is 45.2 Å². The minimum Gasteiger partial charge on any atom is -0.416 e. The molecule has 0 radical (unpaired) electrons. The Kier molecular flexibility index (Phi) is 12.1. The van der Waals surface area contributed by atoms with Gasteiger partial charge in [0.25, 0.3) is 0 Å². The molecular formula is C70H68N4O. The molecule has 0 aliphatic heterocycles. The highest BCUT2D eigenvalue weighted by molar-refractivity contribution is 6.13. The first-order valence-corrected chi connectivity index (χ1v) is 26.4. The van der Waals surface area contributed by atoms with Crippen molar-refractivity contribution in [3.63, 3.8) is 0 Å². The van der Waals surface area contributed by atoms with Crippen LogP contribution in [0.1, 0.15) is 128 Å². The molecule has 0 aliphatic carbocycles. The summed E-state index contributed by atoms with van der Waals surface area (Å²) in [6.45, 7) is 27.4. The SMILES string of the molecule is CC(C)(C)c1ccc2[nH]c3c(-c4ccc(C=Cc5ccc(-c6nnc(-c7ccc(C=Cc8ccc(-c9cc(C(C)(C)C)cc%10c9[nH]c9ccc(C(C)(C)C)cc9%10)cc8)cc7)o6)cc5)cc4)cc(C(C)(C)C)cc3c2c1. The van der Waals surface area contributed by atoms with Crippen molar-refractivity contribution in [2.75, 3.05) is 0 Å². The highest BCUT2D eigenvalue weighted by Crippen LogP contribution is 2.42. The fourth-order valence-electron chi connectivity index (χ4n) is 10.1. The van der Waals surface area contributed by atoms with Gasteiger partial charge in [0.1, 0.15) is 0 Å². The molecule has 3 aromatic heterocycles. The Bertz CT molecular complexity index is 3720. The second-order valence-corrected chi connectivity index (χ2v) is 24.7. The van der Waals surface area contributed by atoms with E-state index in [0.717, 1.165) is 33.4 Å². The number of rotatable bonds is 8. The van der Waals surface area contributed by atoms with E-state index in [1.54, 1.807) is 0 Å². The van der Waals surface area contributed by atoms with Gasteiger partial charge >= 0.3 is 0 Å². The number of H-pyrrole nitrogens is 2. The molecule has 0 spiro atoms. The molecule has 0 saturated heterocycles. The number of hydrogen-bond acceptors (Lipinski definition) is 3. The topological polar surface area (TPSA) is 70.5 Å². The summed E-state index contributed by atoms with van der Waals surface area (Å²) >= 11 is 0. The van der Waals surface area contributed by atoms with E-state index >= 15 is 0 Å². The molecule has 75 heavy (non-hydrogen) atoms. The Labute approximate surface area is 442 Å². The summed E-state index contributed by atoms with van der Waals surface area (Å²) in [4.78, 5) is 7.57. The average molecular weight is 981 g/mol. The summed E-state index contributed by atoms with van der Waals surface area (Å²) in [6, 6.07) is 57.5. The van der Waals surface area contributed by atoms with Gasteiger partial charge in [-0.25, -0.2) is 0 Å². The van der Waals surface area contributed by atoms with Gasteiger partial charge in [-0.2, -0.15) is 0 Å². The molecule has 8 aromatic carbocycles. The van der Waals surface area contributed by atoms with Crippen LogP contribution in [0.3, 0.4) is 0 Å². The molecule has 0 atom stereocenters. The highest BCUT2D eigenvalue weighted by Gasteiger charge is 2.23. The van der Waals surface area contributed by atoms with Gasteiger partial charge in [0.2, 0.25) is 11.8 Å². The zero-order valence-electron chi connectivity index (χ0n) is 45.6. The Morgan fingerprint density at radius 1 is 0.320 bits per heavy atom. The molecule has 0 saturated carbocycles. The van der Waals surface area contributed by atoms with Crippen LogP contribution in [-0.2, 0) is 21.7 Å². The lowest BCUT2D eigenvalue weighted by atomic mass is 9.83. The first-order valence-electron chi connectivity index (χ1n) is 26.4. The Balaban J connectivity index is 0.753. The third-order valence-corrected chi connectivity index (χ3v) is 15.0. The van der Waals surface area contributed by atoms with E-state index in [-0.39, 0.29) is 21.7 Å². The summed E-state index contributed by atoms with van der Waals surface area (Å²) in [7, 11) is 0. The van der Waals surface area contributed by atoms with Crippen molar-refractivity contribution >= 4 is 67.9 Å². The smallest absolute Gasteiger partial charge is 0.248 e. The maximum atomic E-state index is 6.20. The third-order valence-electron chi connectivity index (χ3n) is 15.0. The quantitative estimate of drug-likeness (QED) is 0.149. The largest absolute Gasteiger partial charge is 0.416 e. The van der Waals surface area contributed by atoms with Crippen LogP contribution in [0.25, 0.3) is 113 Å². The van der Waals surface area contributed by atoms with Gasteiger partial charge in [-0.05, 0) is 150 Å². The van der Waals surface area contributed by atoms with Gasteiger partial charge in [-0.3, -0.25) is 0 Å². The molecule has 3 heterocycles. The Morgan fingerprint density at radius 3 is 0.920 bits per heavy atom. The number of hydrogen-bond donors (Lipinski definition) is 2. The normalized spacial score (nSPS) is 13.0. The second-order valence-electron chi connectivity index (χ2n) is 24.7. The van der Waals surface area contributed by atoms with E-state index in [1.165, 1.54) is 88.1 Å². The van der Waals surface area contributed by atoms with E-state index in [9.17, 15) is 0 Å². The van der Waals surface area contributed by atoms with Crippen molar-refractivity contribution in [1.29, 1.82) is 0 Å². The Hall–Kier alpha value is -8.02. The monoisotopic (exact) mass is 981 g/mol. The van der Waals surface area contributed by atoms with Crippen molar-refractivity contribution in [2.24, 2.45) is 0 Å². The molecule has 0 bridgehead atoms. The predicted octanol–water partition coefficient (Wildman–Crippen LogP) is 19.5. The standard InChI is InChI=1S/C70H68N4O/c1-67(2,3)51-33-35-61-57(37-51)59-41-53(69(7,8)9)39-55(63(59)71-61)47-25-17-43(18-26-47)13-15-45-21-29-49(30-22-45)65-73-74-66(75-65)50-31-23-46(24-32-50)16-14-44-19-27-48(28-20-44)56-40-54(70(10,11)12)42-60-58-38-52(68(4,5)6)34-36-62(58)72-64(56)60/h13-42,71-72H,1-12H3. The first kappa shape index (κ1) is 49.2. The van der Waals surface area contributed by atoms with Gasteiger partial charge in [-0.1, -0.05) is 192 Å². The number of nitrogens with one attached hydrogen (secondary N) is 2. The molecule has 5 nitrogen and oxygen atoms in total. The van der Waals surface area contributed by atoms with E-state index in [0.29, 0.717) is 11.8 Å². The Morgan fingerprint density at radius 2 is 0.613 bits per heavy atom. The number of aromatic nitrogens is 4. The van der Waals surface area contributed by atoms with Crippen LogP contribution in [0.5, 0.6) is 0 Å². The number of aromatic amines is 2. The van der Waals surface area contributed by atoms with Gasteiger partial charge in [0.05, 0.1) is 11.0 Å². The summed E-state index contributed by atoms with van der Waals surface area (Å²) in [6.07, 6.45) is 8.60. The third kappa shape index (κ3) is 9.92. The van der Waals surface area contributed by atoms with Crippen LogP contribution in [0, 0.1) is 0 Å². The van der Waals surface area contributed by atoms with Crippen LogP contribution in [0.15, 0.2) is 162 Å². The molecule has 5 heteroatoms. The fraction of sp³-hybridized carbons (Fsp3) is 0.229. The molecular weight excluding hydrogens is 913 g/mol. The van der Waals surface area contributed by atoms with E-state index in [1.807, 2.05) is 24.3 Å². The minimum atomic E-state index is 0.00729. The zero-order chi connectivity index (χ0) is 52.6. The van der Waals surface area contributed by atoms with Crippen molar-refractivity contribution in [1.82, 2.24) is 20.2 Å². The minimum absolute atomic E-state index is 0.00729. The van der Waals surface area contributed by atoms with Crippen molar-refractivity contribution in [2.45, 2.75) is 105 Å². The van der Waals surface area contributed by atoms with Crippen LogP contribution in [-0.4, -0.2) is 20.2 Å². The van der Waals surface area contributed by atoms with Gasteiger partial charge in [-0.15, -0.1) is 10.2 Å². The zero-order valence-corrected chi connectivity index (χ0v) is 45.6. The van der Waals surface area contributed by atoms with Crippen molar-refractivity contribution in [3.05, 3.63) is 202 Å². The number of fused-ring (bicyclic) bond motifs is 6. The van der Waals surface area contributed by atoms with Crippen molar-refractivity contribution < 1.29 is 4.42 Å². The maximum Gasteiger partial charge on any atom is 0.248 e. The second kappa shape index (κ2) is 18.4. The summed E-state index contributed by atoms with van der Waals surface area (Å²) in [5.41, 5.74) is 21.2. The number of nitrogens with zero attached hydrogens (tertiary/aromatic N) is 2. The molecule has 0 unspecified atom stereocenters. The molecule has 374 valence electrons. The lowest BCUT2D eigenvalue weighted by Crippen LogP contribution is -2.11. The van der Waals surface area contributed by atoms with Gasteiger partial charge in [0.15, 0.2) is 0 Å². The predicted molar refractivity (Wildman–Crippen MR) is 320 cm³/mol. The average Bonchev–Trinajstić information content (AvgIpc) is 4.14. The molecule has 11 aromatic rings. The molecule has 0 aliphatic rings. The van der Waals surface area contributed by atoms with Crippen LogP contribution in [0.4, 0.5) is 0 Å². The lowest BCUT2D eigenvalue weighted by Gasteiger charge is -2.21. The van der Waals surface area contributed by atoms with Crippen LogP contribution < -0.4 is 0 Å². The van der Waals surface area contributed by atoms with E-state index in [4.69, 9.17) is 4.42 Å². The van der Waals surface area contributed by atoms with E-state index < -0.39 is 0 Å².